The van der Waals surface area contributed by atoms with E-state index in [9.17, 15) is 8.42 Å². The minimum Gasteiger partial charge on any atom is -0.399 e. The van der Waals surface area contributed by atoms with Crippen molar-refractivity contribution < 1.29 is 8.42 Å². The molecule has 0 radical (unpaired) electrons. The minimum atomic E-state index is -3.79. The summed E-state index contributed by atoms with van der Waals surface area (Å²) >= 11 is 5.91. The van der Waals surface area contributed by atoms with Crippen LogP contribution in [0.4, 0.5) is 11.5 Å². The Kier molecular flexibility index (Phi) is 3.92. The number of anilines is 2. The van der Waals surface area contributed by atoms with E-state index in [0.29, 0.717) is 5.69 Å². The second kappa shape index (κ2) is 5.34. The lowest BCUT2D eigenvalue weighted by Crippen LogP contribution is -2.13. The van der Waals surface area contributed by atoms with Crippen molar-refractivity contribution in [2.24, 2.45) is 0 Å². The molecular weight excluding hydrogens is 300 g/mol. The third kappa shape index (κ3) is 3.05. The van der Waals surface area contributed by atoms with E-state index in [1.807, 2.05) is 13.8 Å². The molecule has 0 fully saturated rings. The van der Waals surface area contributed by atoms with Crippen LogP contribution in [0.2, 0.25) is 5.02 Å². The fourth-order valence-electron chi connectivity index (χ4n) is 1.61. The summed E-state index contributed by atoms with van der Waals surface area (Å²) < 4.78 is 26.8. The lowest BCUT2D eigenvalue weighted by Gasteiger charge is -2.07. The van der Waals surface area contributed by atoms with Gasteiger partial charge in [-0.3, -0.25) is 9.82 Å². The molecule has 0 unspecified atom stereocenters. The van der Waals surface area contributed by atoms with Gasteiger partial charge < -0.3 is 5.73 Å². The quantitative estimate of drug-likeness (QED) is 0.755. The monoisotopic (exact) mass is 314 g/mol. The number of nitrogens with two attached hydrogens (primary N) is 1. The topological polar surface area (TPSA) is 101 Å². The summed E-state index contributed by atoms with van der Waals surface area (Å²) in [5.74, 6) is 0.447. The van der Waals surface area contributed by atoms with Gasteiger partial charge in [0.05, 0.1) is 5.02 Å². The van der Waals surface area contributed by atoms with Gasteiger partial charge in [0.25, 0.3) is 10.0 Å². The van der Waals surface area contributed by atoms with E-state index in [0.717, 1.165) is 5.69 Å². The summed E-state index contributed by atoms with van der Waals surface area (Å²) in [5.41, 5.74) is 6.78. The molecule has 0 aliphatic heterocycles. The third-order valence-corrected chi connectivity index (χ3v) is 4.54. The number of aromatic nitrogens is 2. The summed E-state index contributed by atoms with van der Waals surface area (Å²) in [6.07, 6.45) is 0. The van der Waals surface area contributed by atoms with Gasteiger partial charge in [-0.2, -0.15) is 5.10 Å². The molecule has 108 valence electrons. The molecule has 1 aromatic carbocycles. The number of nitrogens with zero attached hydrogens (tertiary/aromatic N) is 1. The molecule has 0 bridgehead atoms. The van der Waals surface area contributed by atoms with Crippen molar-refractivity contribution in [1.29, 1.82) is 0 Å². The van der Waals surface area contributed by atoms with E-state index in [1.54, 1.807) is 6.07 Å². The first kappa shape index (κ1) is 14.7. The highest BCUT2D eigenvalue weighted by Crippen LogP contribution is 2.25. The Morgan fingerprint density at radius 1 is 1.35 bits per heavy atom. The van der Waals surface area contributed by atoms with Crippen LogP contribution in [0.1, 0.15) is 25.5 Å². The smallest absolute Gasteiger partial charge is 0.264 e. The van der Waals surface area contributed by atoms with Crippen LogP contribution in [0.15, 0.2) is 29.2 Å². The zero-order valence-corrected chi connectivity index (χ0v) is 12.6. The average Bonchev–Trinajstić information content (AvgIpc) is 2.76. The summed E-state index contributed by atoms with van der Waals surface area (Å²) in [4.78, 5) is -0.0394. The average molecular weight is 315 g/mol. The van der Waals surface area contributed by atoms with Crippen LogP contribution in [-0.2, 0) is 10.0 Å². The zero-order chi connectivity index (χ0) is 14.9. The van der Waals surface area contributed by atoms with Crippen LogP contribution in [0.3, 0.4) is 0 Å². The van der Waals surface area contributed by atoms with Crippen molar-refractivity contribution in [2.45, 2.75) is 24.7 Å². The van der Waals surface area contributed by atoms with Crippen LogP contribution in [0, 0.1) is 0 Å². The normalized spacial score (nSPS) is 11.8. The largest absolute Gasteiger partial charge is 0.399 e. The summed E-state index contributed by atoms with van der Waals surface area (Å²) in [6.45, 7) is 3.95. The van der Waals surface area contributed by atoms with Gasteiger partial charge in [-0.25, -0.2) is 8.42 Å². The van der Waals surface area contributed by atoms with Gasteiger partial charge in [0, 0.05) is 17.4 Å². The van der Waals surface area contributed by atoms with Crippen molar-refractivity contribution in [3.63, 3.8) is 0 Å². The summed E-state index contributed by atoms with van der Waals surface area (Å²) in [7, 11) is -3.79. The van der Waals surface area contributed by atoms with E-state index in [2.05, 4.69) is 14.9 Å². The van der Waals surface area contributed by atoms with Crippen molar-refractivity contribution >= 4 is 33.1 Å². The van der Waals surface area contributed by atoms with Crippen molar-refractivity contribution in [1.82, 2.24) is 10.2 Å². The SMILES string of the molecule is CC(C)c1cc(NS(=O)(=O)c2ccc(N)cc2Cl)n[nH]1. The standard InChI is InChI=1S/C12H15ClN4O2S/c1-7(2)10-6-12(16-15-10)17-20(18,19)11-4-3-8(14)5-9(11)13/h3-7H,14H2,1-2H3,(H2,15,16,17). The minimum absolute atomic E-state index is 0.0394. The number of H-pyrrole nitrogens is 1. The maximum Gasteiger partial charge on any atom is 0.264 e. The lowest BCUT2D eigenvalue weighted by atomic mass is 10.1. The number of aromatic amines is 1. The molecule has 6 nitrogen and oxygen atoms in total. The van der Waals surface area contributed by atoms with E-state index in [4.69, 9.17) is 17.3 Å². The van der Waals surface area contributed by atoms with E-state index in [-0.39, 0.29) is 21.7 Å². The fourth-order valence-corrected chi connectivity index (χ4v) is 3.16. The first-order valence-corrected chi connectivity index (χ1v) is 7.79. The Morgan fingerprint density at radius 2 is 2.05 bits per heavy atom. The van der Waals surface area contributed by atoms with Crippen molar-refractivity contribution in [2.75, 3.05) is 10.5 Å². The van der Waals surface area contributed by atoms with Crippen molar-refractivity contribution in [3.8, 4) is 0 Å². The summed E-state index contributed by atoms with van der Waals surface area (Å²) in [5, 5.41) is 6.75. The molecule has 4 N–H and O–H groups in total. The lowest BCUT2D eigenvalue weighted by molar-refractivity contribution is 0.601. The highest BCUT2D eigenvalue weighted by molar-refractivity contribution is 7.92. The predicted molar refractivity (Wildman–Crippen MR) is 79.3 cm³/mol. The number of hydrogen-bond acceptors (Lipinski definition) is 4. The van der Waals surface area contributed by atoms with Crippen molar-refractivity contribution in [3.05, 3.63) is 35.0 Å². The Labute approximate surface area is 122 Å². The van der Waals surface area contributed by atoms with Gasteiger partial charge in [-0.1, -0.05) is 25.4 Å². The number of sulfonamides is 1. The molecule has 0 spiro atoms. The maximum atomic E-state index is 12.2. The molecule has 0 aliphatic rings. The molecule has 0 saturated carbocycles. The molecule has 2 rings (SSSR count). The van der Waals surface area contributed by atoms with Gasteiger partial charge in [0.15, 0.2) is 5.82 Å². The van der Waals surface area contributed by atoms with E-state index >= 15 is 0 Å². The Bertz CT molecular complexity index is 725. The van der Waals surface area contributed by atoms with Gasteiger partial charge in [0.1, 0.15) is 4.90 Å². The van der Waals surface area contributed by atoms with Gasteiger partial charge in [-0.15, -0.1) is 0 Å². The molecule has 0 amide bonds. The first-order valence-electron chi connectivity index (χ1n) is 5.93. The molecule has 8 heteroatoms. The Morgan fingerprint density at radius 3 is 2.60 bits per heavy atom. The molecule has 0 atom stereocenters. The van der Waals surface area contributed by atoms with Gasteiger partial charge in [-0.05, 0) is 24.1 Å². The third-order valence-electron chi connectivity index (χ3n) is 2.70. The predicted octanol–water partition coefficient (Wildman–Crippen LogP) is 2.57. The molecule has 1 aromatic heterocycles. The number of halogens is 1. The maximum absolute atomic E-state index is 12.2. The number of nitrogens with one attached hydrogen (secondary N) is 2. The molecule has 20 heavy (non-hydrogen) atoms. The van der Waals surface area contributed by atoms with Crippen LogP contribution >= 0.6 is 11.6 Å². The number of hydrogen-bond donors (Lipinski definition) is 3. The number of rotatable bonds is 4. The molecule has 0 aliphatic carbocycles. The van der Waals surface area contributed by atoms with Crippen LogP contribution in [0.5, 0.6) is 0 Å². The number of benzene rings is 1. The fraction of sp³-hybridized carbons (Fsp3) is 0.250. The molecule has 0 saturated heterocycles. The Hall–Kier alpha value is -1.73. The molecular formula is C12H15ClN4O2S. The van der Waals surface area contributed by atoms with Crippen LogP contribution in [0.25, 0.3) is 0 Å². The zero-order valence-electron chi connectivity index (χ0n) is 11.0. The highest BCUT2D eigenvalue weighted by atomic mass is 35.5. The van der Waals surface area contributed by atoms with E-state index < -0.39 is 10.0 Å². The molecule has 2 aromatic rings. The van der Waals surface area contributed by atoms with E-state index in [1.165, 1.54) is 18.2 Å². The second-order valence-electron chi connectivity index (χ2n) is 4.66. The highest BCUT2D eigenvalue weighted by Gasteiger charge is 2.19. The van der Waals surface area contributed by atoms with Gasteiger partial charge in [0.2, 0.25) is 0 Å². The van der Waals surface area contributed by atoms with Gasteiger partial charge >= 0.3 is 0 Å². The second-order valence-corrected chi connectivity index (χ2v) is 6.72. The van der Waals surface area contributed by atoms with Crippen LogP contribution < -0.4 is 10.5 Å². The molecule has 1 heterocycles. The number of nitrogen functional groups attached to an aromatic ring is 1. The van der Waals surface area contributed by atoms with Crippen LogP contribution in [-0.4, -0.2) is 18.6 Å². The summed E-state index contributed by atoms with van der Waals surface area (Å²) in [6, 6.07) is 5.87. The first-order chi connectivity index (χ1) is 9.29. The Balaban J connectivity index is 2.30.